The maximum Gasteiger partial charge on any atom is 0.272 e. The fourth-order valence-electron chi connectivity index (χ4n) is 1.62. The van der Waals surface area contributed by atoms with Gasteiger partial charge in [0.25, 0.3) is 5.69 Å². The Kier molecular flexibility index (Phi) is 4.36. The molecule has 0 fully saturated rings. The molecule has 0 aliphatic rings. The highest BCUT2D eigenvalue weighted by atomic mass is 35.5. The second kappa shape index (κ2) is 6.02. The van der Waals surface area contributed by atoms with Crippen molar-refractivity contribution < 1.29 is 4.92 Å². The number of hydrogen-bond acceptors (Lipinski definition) is 5. The van der Waals surface area contributed by atoms with Crippen molar-refractivity contribution in [2.75, 3.05) is 5.32 Å². The first-order chi connectivity index (χ1) is 9.47. The van der Waals surface area contributed by atoms with Crippen LogP contribution in [0.15, 0.2) is 24.4 Å². The molecule has 0 bridgehead atoms. The number of hydrogen-bond donors (Lipinski definition) is 1. The summed E-state index contributed by atoms with van der Waals surface area (Å²) in [5.74, 6) is 0.658. The zero-order valence-electron chi connectivity index (χ0n) is 10.4. The molecule has 0 unspecified atom stereocenters. The summed E-state index contributed by atoms with van der Waals surface area (Å²) in [6.45, 7) is 2.18. The predicted octanol–water partition coefficient (Wildman–Crippen LogP) is 3.61. The van der Waals surface area contributed by atoms with Gasteiger partial charge in [-0.1, -0.05) is 23.2 Å². The van der Waals surface area contributed by atoms with E-state index < -0.39 is 4.92 Å². The Bertz CT molecular complexity index is 641. The molecule has 0 aliphatic carbocycles. The molecule has 20 heavy (non-hydrogen) atoms. The van der Waals surface area contributed by atoms with Crippen LogP contribution in [0, 0.1) is 17.0 Å². The van der Waals surface area contributed by atoms with E-state index in [0.717, 1.165) is 5.69 Å². The van der Waals surface area contributed by atoms with Crippen LogP contribution in [-0.2, 0) is 6.54 Å². The predicted molar refractivity (Wildman–Crippen MR) is 77.2 cm³/mol. The molecular weight excluding hydrogens is 303 g/mol. The van der Waals surface area contributed by atoms with E-state index in [-0.39, 0.29) is 15.7 Å². The summed E-state index contributed by atoms with van der Waals surface area (Å²) in [4.78, 5) is 18.4. The highest BCUT2D eigenvalue weighted by Gasteiger charge is 2.14. The second-order valence-electron chi connectivity index (χ2n) is 3.99. The topological polar surface area (TPSA) is 81.0 Å². The molecule has 0 saturated carbocycles. The first kappa shape index (κ1) is 14.5. The average molecular weight is 313 g/mol. The molecule has 1 aromatic heterocycles. The minimum Gasteiger partial charge on any atom is -0.377 e. The summed E-state index contributed by atoms with van der Waals surface area (Å²) in [5, 5.41) is 14.1. The molecule has 0 atom stereocenters. The standard InChI is InChI=1S/C12H10Cl2N4O2/c1-7-15-3-2-8(17-7)6-16-12-10(13)4-9(18(19)20)5-11(12)14/h2-5,16H,6H2,1H3. The number of benzene rings is 1. The van der Waals surface area contributed by atoms with E-state index in [2.05, 4.69) is 15.3 Å². The molecule has 1 N–H and O–H groups in total. The van der Waals surface area contributed by atoms with Crippen LogP contribution in [-0.4, -0.2) is 14.9 Å². The van der Waals surface area contributed by atoms with Gasteiger partial charge in [0.2, 0.25) is 0 Å². The van der Waals surface area contributed by atoms with Gasteiger partial charge < -0.3 is 5.32 Å². The van der Waals surface area contributed by atoms with Crippen LogP contribution in [0.2, 0.25) is 10.0 Å². The van der Waals surface area contributed by atoms with Gasteiger partial charge in [-0.05, 0) is 13.0 Å². The lowest BCUT2D eigenvalue weighted by atomic mass is 10.2. The molecule has 0 saturated heterocycles. The normalized spacial score (nSPS) is 10.3. The van der Waals surface area contributed by atoms with E-state index in [1.54, 1.807) is 19.2 Å². The molecule has 0 aliphatic heterocycles. The number of anilines is 1. The summed E-state index contributed by atoms with van der Waals surface area (Å²) < 4.78 is 0. The number of aryl methyl sites for hydroxylation is 1. The van der Waals surface area contributed by atoms with Crippen molar-refractivity contribution in [1.29, 1.82) is 0 Å². The van der Waals surface area contributed by atoms with Gasteiger partial charge >= 0.3 is 0 Å². The quantitative estimate of drug-likeness (QED) is 0.689. The highest BCUT2D eigenvalue weighted by Crippen LogP contribution is 2.34. The molecule has 1 heterocycles. The molecule has 0 spiro atoms. The zero-order valence-corrected chi connectivity index (χ0v) is 11.9. The summed E-state index contributed by atoms with van der Waals surface area (Å²) in [6, 6.07) is 4.26. The molecule has 8 heteroatoms. The fraction of sp³-hybridized carbons (Fsp3) is 0.167. The lowest BCUT2D eigenvalue weighted by molar-refractivity contribution is -0.384. The lowest BCUT2D eigenvalue weighted by Gasteiger charge is -2.10. The van der Waals surface area contributed by atoms with E-state index in [1.165, 1.54) is 12.1 Å². The van der Waals surface area contributed by atoms with E-state index in [1.807, 2.05) is 0 Å². The van der Waals surface area contributed by atoms with Crippen molar-refractivity contribution in [3.63, 3.8) is 0 Å². The third-order valence-corrected chi connectivity index (χ3v) is 3.11. The molecule has 6 nitrogen and oxygen atoms in total. The Hall–Kier alpha value is -1.92. The number of nitro groups is 1. The Labute approximate surface area is 124 Å². The fourth-order valence-corrected chi connectivity index (χ4v) is 2.23. The van der Waals surface area contributed by atoms with Crippen LogP contribution in [0.4, 0.5) is 11.4 Å². The van der Waals surface area contributed by atoms with Crippen molar-refractivity contribution in [2.45, 2.75) is 13.5 Å². The molecule has 104 valence electrons. The number of halogens is 2. The monoisotopic (exact) mass is 312 g/mol. The number of aromatic nitrogens is 2. The number of nitrogens with one attached hydrogen (secondary N) is 1. The number of nitro benzene ring substituents is 1. The van der Waals surface area contributed by atoms with Crippen LogP contribution in [0.5, 0.6) is 0 Å². The molecular formula is C12H10Cl2N4O2. The number of nitrogens with zero attached hydrogens (tertiary/aromatic N) is 3. The largest absolute Gasteiger partial charge is 0.377 e. The van der Waals surface area contributed by atoms with Crippen molar-refractivity contribution in [3.8, 4) is 0 Å². The van der Waals surface area contributed by atoms with Crippen LogP contribution >= 0.6 is 23.2 Å². The smallest absolute Gasteiger partial charge is 0.272 e. The minimum absolute atomic E-state index is 0.150. The molecule has 1 aromatic carbocycles. The zero-order chi connectivity index (χ0) is 14.7. The highest BCUT2D eigenvalue weighted by molar-refractivity contribution is 6.39. The van der Waals surface area contributed by atoms with Gasteiger partial charge in [0.1, 0.15) is 5.82 Å². The average Bonchev–Trinajstić information content (AvgIpc) is 2.37. The Morgan fingerprint density at radius 2 is 2.00 bits per heavy atom. The van der Waals surface area contributed by atoms with Gasteiger partial charge in [0.05, 0.1) is 32.9 Å². The van der Waals surface area contributed by atoms with Crippen molar-refractivity contribution in [3.05, 3.63) is 56.1 Å². The molecule has 0 radical (unpaired) electrons. The number of rotatable bonds is 4. The summed E-state index contributed by atoms with van der Waals surface area (Å²) in [7, 11) is 0. The third kappa shape index (κ3) is 3.34. The van der Waals surface area contributed by atoms with Gasteiger partial charge in [0, 0.05) is 18.3 Å². The summed E-state index contributed by atoms with van der Waals surface area (Å²) >= 11 is 12.0. The molecule has 0 amide bonds. The van der Waals surface area contributed by atoms with Gasteiger partial charge in [-0.3, -0.25) is 10.1 Å². The van der Waals surface area contributed by atoms with Crippen LogP contribution < -0.4 is 5.32 Å². The van der Waals surface area contributed by atoms with Gasteiger partial charge in [-0.25, -0.2) is 9.97 Å². The Morgan fingerprint density at radius 3 is 2.55 bits per heavy atom. The minimum atomic E-state index is -0.546. The summed E-state index contributed by atoms with van der Waals surface area (Å²) in [5.41, 5.74) is 1.06. The summed E-state index contributed by atoms with van der Waals surface area (Å²) in [6.07, 6.45) is 1.65. The van der Waals surface area contributed by atoms with Gasteiger partial charge in [-0.15, -0.1) is 0 Å². The molecule has 2 rings (SSSR count). The maximum absolute atomic E-state index is 10.7. The third-order valence-electron chi connectivity index (χ3n) is 2.52. The van der Waals surface area contributed by atoms with E-state index >= 15 is 0 Å². The Balaban J connectivity index is 2.20. The molecule has 2 aromatic rings. The van der Waals surface area contributed by atoms with E-state index in [0.29, 0.717) is 18.1 Å². The van der Waals surface area contributed by atoms with Crippen molar-refractivity contribution in [2.24, 2.45) is 0 Å². The van der Waals surface area contributed by atoms with Crippen molar-refractivity contribution >= 4 is 34.6 Å². The Morgan fingerprint density at radius 1 is 1.35 bits per heavy atom. The second-order valence-corrected chi connectivity index (χ2v) is 4.80. The van der Waals surface area contributed by atoms with Gasteiger partial charge in [-0.2, -0.15) is 0 Å². The maximum atomic E-state index is 10.7. The van der Waals surface area contributed by atoms with Crippen LogP contribution in [0.1, 0.15) is 11.5 Å². The first-order valence-corrected chi connectivity index (χ1v) is 6.39. The van der Waals surface area contributed by atoms with Crippen LogP contribution in [0.25, 0.3) is 0 Å². The number of non-ortho nitro benzene ring substituents is 1. The van der Waals surface area contributed by atoms with E-state index in [4.69, 9.17) is 23.2 Å². The SMILES string of the molecule is Cc1nccc(CNc2c(Cl)cc([N+](=O)[O-])cc2Cl)n1. The lowest BCUT2D eigenvalue weighted by Crippen LogP contribution is -2.04. The van der Waals surface area contributed by atoms with Crippen LogP contribution in [0.3, 0.4) is 0 Å². The van der Waals surface area contributed by atoms with E-state index in [9.17, 15) is 10.1 Å². The van der Waals surface area contributed by atoms with Crippen molar-refractivity contribution in [1.82, 2.24) is 9.97 Å². The first-order valence-electron chi connectivity index (χ1n) is 5.63. The van der Waals surface area contributed by atoms with Gasteiger partial charge in [0.15, 0.2) is 0 Å².